The number of fused-ring (bicyclic) bond motifs is 1. The van der Waals surface area contributed by atoms with Gasteiger partial charge in [-0.2, -0.15) is 0 Å². The minimum Gasteiger partial charge on any atom is -0.329 e. The van der Waals surface area contributed by atoms with Crippen LogP contribution >= 0.6 is 0 Å². The standard InChI is InChI=1S/C19H23NO4/c1-2-14(12-13-8-4-3-5-9-13)19(23)24-20-17(21)15-10-6-7-11-16(15)18(20)22/h6-7,10-11,13-14H,2-5,8-9,12H2,1H3. The van der Waals surface area contributed by atoms with E-state index < -0.39 is 17.8 Å². The summed E-state index contributed by atoms with van der Waals surface area (Å²) in [5, 5.41) is 0.622. The van der Waals surface area contributed by atoms with E-state index in [0.717, 1.165) is 19.3 Å². The first-order valence-electron chi connectivity index (χ1n) is 8.81. The Balaban J connectivity index is 1.65. The maximum Gasteiger partial charge on any atom is 0.336 e. The molecule has 0 N–H and O–H groups in total. The molecule has 0 aromatic heterocycles. The van der Waals surface area contributed by atoms with E-state index in [-0.39, 0.29) is 17.0 Å². The SMILES string of the molecule is CCC(CC1CCCCC1)C(=O)ON1C(=O)c2ccccc2C1=O. The van der Waals surface area contributed by atoms with E-state index in [1.807, 2.05) is 6.92 Å². The van der Waals surface area contributed by atoms with Gasteiger partial charge >= 0.3 is 5.97 Å². The molecule has 1 aliphatic heterocycles. The minimum atomic E-state index is -0.559. The first kappa shape index (κ1) is 16.7. The van der Waals surface area contributed by atoms with Gasteiger partial charge in [0, 0.05) is 0 Å². The van der Waals surface area contributed by atoms with Crippen molar-refractivity contribution in [1.82, 2.24) is 5.06 Å². The van der Waals surface area contributed by atoms with Crippen molar-refractivity contribution in [3.8, 4) is 0 Å². The monoisotopic (exact) mass is 329 g/mol. The second-order valence-corrected chi connectivity index (χ2v) is 6.71. The van der Waals surface area contributed by atoms with Gasteiger partial charge in [-0.25, -0.2) is 4.79 Å². The van der Waals surface area contributed by atoms with Crippen molar-refractivity contribution in [3.63, 3.8) is 0 Å². The Morgan fingerprint density at radius 1 is 1.12 bits per heavy atom. The van der Waals surface area contributed by atoms with Crippen LogP contribution in [0.5, 0.6) is 0 Å². The normalized spacial score (nSPS) is 19.3. The molecule has 24 heavy (non-hydrogen) atoms. The lowest BCUT2D eigenvalue weighted by molar-refractivity contribution is -0.174. The molecule has 1 aromatic rings. The van der Waals surface area contributed by atoms with Crippen LogP contribution in [-0.4, -0.2) is 22.8 Å². The Hall–Kier alpha value is -2.17. The average Bonchev–Trinajstić information content (AvgIpc) is 2.86. The smallest absolute Gasteiger partial charge is 0.329 e. The molecule has 1 atom stereocenters. The molecule has 5 heteroatoms. The van der Waals surface area contributed by atoms with E-state index in [4.69, 9.17) is 4.84 Å². The fraction of sp³-hybridized carbons (Fsp3) is 0.526. The Kier molecular flexibility index (Phi) is 4.97. The van der Waals surface area contributed by atoms with Crippen LogP contribution in [-0.2, 0) is 9.63 Å². The maximum atomic E-state index is 12.5. The lowest BCUT2D eigenvalue weighted by Crippen LogP contribution is -2.35. The molecular formula is C19H23NO4. The van der Waals surface area contributed by atoms with E-state index in [9.17, 15) is 14.4 Å². The molecule has 1 unspecified atom stereocenters. The molecule has 1 fully saturated rings. The fourth-order valence-electron chi connectivity index (χ4n) is 3.67. The summed E-state index contributed by atoms with van der Waals surface area (Å²) in [5.74, 6) is -1.32. The molecule has 0 saturated heterocycles. The number of hydrogen-bond donors (Lipinski definition) is 0. The number of benzene rings is 1. The van der Waals surface area contributed by atoms with Crippen molar-refractivity contribution in [2.45, 2.75) is 51.9 Å². The van der Waals surface area contributed by atoms with E-state index in [0.29, 0.717) is 17.4 Å². The topological polar surface area (TPSA) is 63.7 Å². The van der Waals surface area contributed by atoms with E-state index in [1.165, 1.54) is 19.3 Å². The van der Waals surface area contributed by atoms with Gasteiger partial charge in [-0.3, -0.25) is 9.59 Å². The van der Waals surface area contributed by atoms with Crippen molar-refractivity contribution < 1.29 is 19.2 Å². The Morgan fingerprint density at radius 2 is 1.71 bits per heavy atom. The zero-order valence-electron chi connectivity index (χ0n) is 14.0. The lowest BCUT2D eigenvalue weighted by Gasteiger charge is -2.25. The first-order valence-corrected chi connectivity index (χ1v) is 8.81. The van der Waals surface area contributed by atoms with Crippen molar-refractivity contribution in [2.75, 3.05) is 0 Å². The van der Waals surface area contributed by atoms with Crippen molar-refractivity contribution in [2.24, 2.45) is 11.8 Å². The zero-order valence-corrected chi connectivity index (χ0v) is 14.0. The van der Waals surface area contributed by atoms with Crippen LogP contribution in [0.25, 0.3) is 0 Å². The highest BCUT2D eigenvalue weighted by Gasteiger charge is 2.39. The Labute approximate surface area is 141 Å². The third kappa shape index (κ3) is 3.21. The van der Waals surface area contributed by atoms with Crippen LogP contribution in [0.1, 0.15) is 72.6 Å². The summed E-state index contributed by atoms with van der Waals surface area (Å²) in [7, 11) is 0. The van der Waals surface area contributed by atoms with E-state index >= 15 is 0 Å². The third-order valence-electron chi connectivity index (χ3n) is 5.11. The van der Waals surface area contributed by atoms with Gasteiger partial charge in [0.25, 0.3) is 11.8 Å². The van der Waals surface area contributed by atoms with Crippen molar-refractivity contribution in [1.29, 1.82) is 0 Å². The summed E-state index contributed by atoms with van der Waals surface area (Å²) in [6.45, 7) is 1.94. The van der Waals surface area contributed by atoms with Crippen molar-refractivity contribution >= 4 is 17.8 Å². The Bertz CT molecular complexity index is 614. The second-order valence-electron chi connectivity index (χ2n) is 6.71. The highest BCUT2D eigenvalue weighted by Crippen LogP contribution is 2.31. The molecule has 0 radical (unpaired) electrons. The third-order valence-corrected chi connectivity index (χ3v) is 5.11. The molecule has 3 rings (SSSR count). The van der Waals surface area contributed by atoms with Gasteiger partial charge in [-0.1, -0.05) is 56.2 Å². The van der Waals surface area contributed by atoms with Gasteiger partial charge < -0.3 is 4.84 Å². The van der Waals surface area contributed by atoms with Gasteiger partial charge in [0.1, 0.15) is 0 Å². The van der Waals surface area contributed by atoms with Gasteiger partial charge in [-0.15, -0.1) is 0 Å². The minimum absolute atomic E-state index is 0.266. The summed E-state index contributed by atoms with van der Waals surface area (Å²) < 4.78 is 0. The zero-order chi connectivity index (χ0) is 17.1. The largest absolute Gasteiger partial charge is 0.336 e. The number of rotatable bonds is 5. The van der Waals surface area contributed by atoms with Crippen LogP contribution < -0.4 is 0 Å². The molecule has 0 bridgehead atoms. The lowest BCUT2D eigenvalue weighted by atomic mass is 9.82. The maximum absolute atomic E-state index is 12.5. The van der Waals surface area contributed by atoms with Crippen LogP contribution in [0.2, 0.25) is 0 Å². The number of carbonyl (C=O) groups excluding carboxylic acids is 3. The van der Waals surface area contributed by atoms with Crippen LogP contribution in [0.4, 0.5) is 0 Å². The molecule has 1 heterocycles. The van der Waals surface area contributed by atoms with Gasteiger partial charge in [0.15, 0.2) is 0 Å². The second kappa shape index (κ2) is 7.16. The summed E-state index contributed by atoms with van der Waals surface area (Å²) in [6.07, 6.45) is 7.43. The highest BCUT2D eigenvalue weighted by atomic mass is 16.7. The predicted octanol–water partition coefficient (Wildman–Crippen LogP) is 3.74. The average molecular weight is 329 g/mol. The molecule has 128 valence electrons. The summed E-state index contributed by atoms with van der Waals surface area (Å²) >= 11 is 0. The van der Waals surface area contributed by atoms with Crippen LogP contribution in [0, 0.1) is 11.8 Å². The molecule has 5 nitrogen and oxygen atoms in total. The fourth-order valence-corrected chi connectivity index (χ4v) is 3.67. The first-order chi connectivity index (χ1) is 11.6. The predicted molar refractivity (Wildman–Crippen MR) is 88.0 cm³/mol. The molecular weight excluding hydrogens is 306 g/mol. The van der Waals surface area contributed by atoms with E-state index in [1.54, 1.807) is 24.3 Å². The van der Waals surface area contributed by atoms with Crippen LogP contribution in [0.3, 0.4) is 0 Å². The van der Waals surface area contributed by atoms with Gasteiger partial charge in [0.05, 0.1) is 17.0 Å². The highest BCUT2D eigenvalue weighted by molar-refractivity contribution is 6.20. The number of hydrogen-bond acceptors (Lipinski definition) is 4. The number of imide groups is 1. The number of hydroxylamine groups is 2. The summed E-state index contributed by atoms with van der Waals surface area (Å²) in [6, 6.07) is 6.52. The van der Waals surface area contributed by atoms with Gasteiger partial charge in [-0.05, 0) is 30.9 Å². The number of amides is 2. The quantitative estimate of drug-likeness (QED) is 0.772. The summed E-state index contributed by atoms with van der Waals surface area (Å²) in [5.41, 5.74) is 0.575. The molecule has 2 aliphatic rings. The molecule has 2 amide bonds. The number of nitrogens with zero attached hydrogens (tertiary/aromatic N) is 1. The number of carbonyl (C=O) groups is 3. The molecule has 1 aromatic carbocycles. The Morgan fingerprint density at radius 3 is 2.25 bits per heavy atom. The molecule has 1 aliphatic carbocycles. The molecule has 0 spiro atoms. The van der Waals surface area contributed by atoms with E-state index in [2.05, 4.69) is 0 Å². The van der Waals surface area contributed by atoms with Gasteiger partial charge in [0.2, 0.25) is 0 Å². The van der Waals surface area contributed by atoms with Crippen molar-refractivity contribution in [3.05, 3.63) is 35.4 Å². The van der Waals surface area contributed by atoms with Crippen LogP contribution in [0.15, 0.2) is 24.3 Å². The molecule has 1 saturated carbocycles. The summed E-state index contributed by atoms with van der Waals surface area (Å²) in [4.78, 5) is 42.2.